The van der Waals surface area contributed by atoms with E-state index in [-0.39, 0.29) is 0 Å². The van der Waals surface area contributed by atoms with Crippen LogP contribution in [0.25, 0.3) is 11.3 Å². The Bertz CT molecular complexity index is 655. The van der Waals surface area contributed by atoms with Crippen LogP contribution in [0.3, 0.4) is 0 Å². The van der Waals surface area contributed by atoms with Crippen LogP contribution in [-0.2, 0) is 13.1 Å². The van der Waals surface area contributed by atoms with Gasteiger partial charge in [0, 0.05) is 30.7 Å². The second kappa shape index (κ2) is 4.93. The molecule has 2 N–H and O–H groups in total. The molecule has 3 aromatic rings. The van der Waals surface area contributed by atoms with E-state index in [4.69, 9.17) is 5.73 Å². The molecule has 0 spiro atoms. The maximum Gasteiger partial charge on any atom is 0.123 e. The van der Waals surface area contributed by atoms with Crippen molar-refractivity contribution >= 4 is 5.82 Å². The average molecular weight is 254 g/mol. The first-order chi connectivity index (χ1) is 9.33. The largest absolute Gasteiger partial charge is 0.384 e. The van der Waals surface area contributed by atoms with Gasteiger partial charge in [-0.3, -0.25) is 4.68 Å². The molecule has 3 heterocycles. The molecule has 0 atom stereocenters. The summed E-state index contributed by atoms with van der Waals surface area (Å²) in [5.41, 5.74) is 7.76. The zero-order chi connectivity index (χ0) is 13.1. The molecular weight excluding hydrogens is 240 g/mol. The standard InChI is InChI=1S/C13H14N6/c14-13-8-11(2-4-16-13)12-9-15-10-18(12)6-7-19-5-1-3-17-19/h1-5,8-10H,6-7H2,(H2,14,16). The molecule has 0 aliphatic carbocycles. The molecule has 96 valence electrons. The van der Waals surface area contributed by atoms with Crippen molar-refractivity contribution in [1.82, 2.24) is 24.3 Å². The first kappa shape index (κ1) is 11.5. The molecule has 0 aliphatic rings. The van der Waals surface area contributed by atoms with Gasteiger partial charge >= 0.3 is 0 Å². The number of aryl methyl sites for hydroxylation is 2. The smallest absolute Gasteiger partial charge is 0.123 e. The molecule has 0 aliphatic heterocycles. The maximum atomic E-state index is 5.71. The van der Waals surface area contributed by atoms with Gasteiger partial charge in [-0.05, 0) is 18.2 Å². The highest BCUT2D eigenvalue weighted by Crippen LogP contribution is 2.19. The van der Waals surface area contributed by atoms with Crippen LogP contribution in [0, 0.1) is 0 Å². The van der Waals surface area contributed by atoms with Crippen molar-refractivity contribution in [2.24, 2.45) is 0 Å². The lowest BCUT2D eigenvalue weighted by atomic mass is 10.2. The molecule has 6 heteroatoms. The molecule has 0 saturated heterocycles. The van der Waals surface area contributed by atoms with Crippen LogP contribution in [0.15, 0.2) is 49.3 Å². The molecule has 0 aromatic carbocycles. The number of hydrogen-bond donors (Lipinski definition) is 1. The predicted molar refractivity (Wildman–Crippen MR) is 72.1 cm³/mol. The van der Waals surface area contributed by atoms with E-state index in [1.807, 2.05) is 41.6 Å². The Kier molecular flexibility index (Phi) is 2.97. The number of nitrogens with zero attached hydrogens (tertiary/aromatic N) is 5. The number of anilines is 1. The summed E-state index contributed by atoms with van der Waals surface area (Å²) in [5, 5.41) is 4.19. The van der Waals surface area contributed by atoms with Gasteiger partial charge in [-0.1, -0.05) is 0 Å². The molecule has 0 radical (unpaired) electrons. The van der Waals surface area contributed by atoms with Crippen LogP contribution in [0.4, 0.5) is 5.82 Å². The number of imidazole rings is 1. The van der Waals surface area contributed by atoms with Gasteiger partial charge in [0.15, 0.2) is 0 Å². The fourth-order valence-corrected chi connectivity index (χ4v) is 1.99. The minimum absolute atomic E-state index is 0.511. The van der Waals surface area contributed by atoms with Crippen molar-refractivity contribution in [3.63, 3.8) is 0 Å². The molecule has 0 unspecified atom stereocenters. The number of nitrogen functional groups attached to an aromatic ring is 1. The molecular formula is C13H14N6. The van der Waals surface area contributed by atoms with Gasteiger partial charge in [0.25, 0.3) is 0 Å². The van der Waals surface area contributed by atoms with Crippen molar-refractivity contribution in [2.45, 2.75) is 13.1 Å². The summed E-state index contributed by atoms with van der Waals surface area (Å²) in [7, 11) is 0. The molecule has 3 rings (SSSR count). The summed E-state index contributed by atoms with van der Waals surface area (Å²) in [6.45, 7) is 1.61. The second-order valence-corrected chi connectivity index (χ2v) is 4.21. The van der Waals surface area contributed by atoms with Crippen LogP contribution in [0.5, 0.6) is 0 Å². The van der Waals surface area contributed by atoms with E-state index in [0.717, 1.165) is 24.3 Å². The summed E-state index contributed by atoms with van der Waals surface area (Å²) in [6.07, 6.45) is 9.07. The van der Waals surface area contributed by atoms with Gasteiger partial charge in [0.1, 0.15) is 5.82 Å². The zero-order valence-electron chi connectivity index (χ0n) is 10.3. The van der Waals surface area contributed by atoms with Crippen LogP contribution >= 0.6 is 0 Å². The number of aromatic nitrogens is 5. The Hall–Kier alpha value is -2.63. The highest BCUT2D eigenvalue weighted by molar-refractivity contribution is 5.61. The topological polar surface area (TPSA) is 74.5 Å². The Morgan fingerprint density at radius 3 is 2.95 bits per heavy atom. The van der Waals surface area contributed by atoms with E-state index < -0.39 is 0 Å². The van der Waals surface area contributed by atoms with Crippen molar-refractivity contribution in [3.05, 3.63) is 49.3 Å². The molecule has 0 amide bonds. The number of hydrogen-bond acceptors (Lipinski definition) is 4. The van der Waals surface area contributed by atoms with Gasteiger partial charge in [0.2, 0.25) is 0 Å². The fourth-order valence-electron chi connectivity index (χ4n) is 1.99. The summed E-state index contributed by atoms with van der Waals surface area (Å²) in [4.78, 5) is 8.20. The van der Waals surface area contributed by atoms with Crippen LogP contribution in [0.2, 0.25) is 0 Å². The van der Waals surface area contributed by atoms with E-state index in [2.05, 4.69) is 19.6 Å². The monoisotopic (exact) mass is 254 g/mol. The van der Waals surface area contributed by atoms with Gasteiger partial charge in [-0.15, -0.1) is 0 Å². The van der Waals surface area contributed by atoms with Gasteiger partial charge < -0.3 is 10.3 Å². The molecule has 0 fully saturated rings. The molecule has 19 heavy (non-hydrogen) atoms. The lowest BCUT2D eigenvalue weighted by Crippen LogP contribution is -2.08. The normalized spacial score (nSPS) is 10.7. The zero-order valence-corrected chi connectivity index (χ0v) is 10.3. The molecule has 0 saturated carbocycles. The van der Waals surface area contributed by atoms with E-state index in [9.17, 15) is 0 Å². The fraction of sp³-hybridized carbons (Fsp3) is 0.154. The van der Waals surface area contributed by atoms with Gasteiger partial charge in [0.05, 0.1) is 24.8 Å². The summed E-state index contributed by atoms with van der Waals surface area (Å²) < 4.78 is 3.97. The highest BCUT2D eigenvalue weighted by atomic mass is 15.3. The quantitative estimate of drug-likeness (QED) is 0.764. The molecule has 0 bridgehead atoms. The second-order valence-electron chi connectivity index (χ2n) is 4.21. The number of nitrogens with two attached hydrogens (primary N) is 1. The van der Waals surface area contributed by atoms with Gasteiger partial charge in [-0.2, -0.15) is 5.10 Å². The summed E-state index contributed by atoms with van der Waals surface area (Å²) in [5.74, 6) is 0.511. The van der Waals surface area contributed by atoms with E-state index in [1.54, 1.807) is 12.4 Å². The van der Waals surface area contributed by atoms with Crippen molar-refractivity contribution in [3.8, 4) is 11.3 Å². The highest BCUT2D eigenvalue weighted by Gasteiger charge is 2.05. The number of pyridine rings is 1. The third kappa shape index (κ3) is 2.47. The minimum atomic E-state index is 0.511. The van der Waals surface area contributed by atoms with Crippen molar-refractivity contribution in [2.75, 3.05) is 5.73 Å². The molecule has 6 nitrogen and oxygen atoms in total. The van der Waals surface area contributed by atoms with E-state index >= 15 is 0 Å². The maximum absolute atomic E-state index is 5.71. The van der Waals surface area contributed by atoms with E-state index in [0.29, 0.717) is 5.82 Å². The molecule has 3 aromatic heterocycles. The van der Waals surface area contributed by atoms with Gasteiger partial charge in [-0.25, -0.2) is 9.97 Å². The van der Waals surface area contributed by atoms with Crippen LogP contribution < -0.4 is 5.73 Å². The SMILES string of the molecule is Nc1cc(-c2cncn2CCn2cccn2)ccn1. The first-order valence-electron chi connectivity index (χ1n) is 6.02. The lowest BCUT2D eigenvalue weighted by Gasteiger charge is -2.08. The van der Waals surface area contributed by atoms with Crippen LogP contribution in [0.1, 0.15) is 0 Å². The van der Waals surface area contributed by atoms with Crippen LogP contribution in [-0.4, -0.2) is 24.3 Å². The first-order valence-corrected chi connectivity index (χ1v) is 6.02. The lowest BCUT2D eigenvalue weighted by molar-refractivity contribution is 0.536. The third-order valence-corrected chi connectivity index (χ3v) is 2.92. The predicted octanol–water partition coefficient (Wildman–Crippen LogP) is 1.42. The third-order valence-electron chi connectivity index (χ3n) is 2.92. The summed E-state index contributed by atoms with van der Waals surface area (Å²) >= 11 is 0. The van der Waals surface area contributed by atoms with Crippen molar-refractivity contribution < 1.29 is 0 Å². The Morgan fingerprint density at radius 1 is 1.21 bits per heavy atom. The minimum Gasteiger partial charge on any atom is -0.384 e. The average Bonchev–Trinajstić information content (AvgIpc) is 3.08. The Labute approximate surface area is 110 Å². The number of rotatable bonds is 4. The Morgan fingerprint density at radius 2 is 2.16 bits per heavy atom. The summed E-state index contributed by atoms with van der Waals surface area (Å²) in [6, 6.07) is 5.69. The Balaban J connectivity index is 1.82. The van der Waals surface area contributed by atoms with Crippen molar-refractivity contribution in [1.29, 1.82) is 0 Å². The van der Waals surface area contributed by atoms with E-state index in [1.165, 1.54) is 0 Å².